The average Bonchev–Trinajstić information content (AvgIpc) is 2.04. The Hall–Kier alpha value is -0.120. The summed E-state index contributed by atoms with van der Waals surface area (Å²) in [6.07, 6.45) is 6.79. The standard InChI is InChI=1S/C8H8Cl2O2S/c1-13(12)8(10)4-2-3-7(9)6(8)5-11/h2-6H,1H3. The van der Waals surface area contributed by atoms with Gasteiger partial charge in [0, 0.05) is 22.1 Å². The Labute approximate surface area is 89.1 Å². The Morgan fingerprint density at radius 1 is 1.69 bits per heavy atom. The molecule has 0 radical (unpaired) electrons. The molecule has 0 spiro atoms. The fourth-order valence-electron chi connectivity index (χ4n) is 1.10. The van der Waals surface area contributed by atoms with Crippen molar-refractivity contribution in [2.75, 3.05) is 6.26 Å². The first-order valence-corrected chi connectivity index (χ1v) is 5.86. The molecule has 0 N–H and O–H groups in total. The molecule has 5 heteroatoms. The number of alkyl halides is 1. The molecule has 0 saturated heterocycles. The number of allylic oxidation sites excluding steroid dienone is 3. The summed E-state index contributed by atoms with van der Waals surface area (Å²) in [6, 6.07) is 0. The zero-order valence-corrected chi connectivity index (χ0v) is 9.20. The van der Waals surface area contributed by atoms with E-state index in [-0.39, 0.29) is 0 Å². The van der Waals surface area contributed by atoms with Gasteiger partial charge in [0.05, 0.1) is 5.92 Å². The Kier molecular flexibility index (Phi) is 3.33. The lowest BCUT2D eigenvalue weighted by Gasteiger charge is -2.28. The lowest BCUT2D eigenvalue weighted by Crippen LogP contribution is -2.36. The van der Waals surface area contributed by atoms with Crippen LogP contribution in [0, 0.1) is 5.92 Å². The van der Waals surface area contributed by atoms with Crippen LogP contribution in [0.4, 0.5) is 0 Å². The third-order valence-corrected chi connectivity index (χ3v) is 4.52. The molecular weight excluding hydrogens is 231 g/mol. The topological polar surface area (TPSA) is 34.1 Å². The molecule has 13 heavy (non-hydrogen) atoms. The van der Waals surface area contributed by atoms with Crippen molar-refractivity contribution in [2.45, 2.75) is 4.21 Å². The second-order valence-corrected chi connectivity index (χ2v) is 5.55. The molecule has 0 heterocycles. The minimum atomic E-state index is -1.35. The smallest absolute Gasteiger partial charge is 0.151 e. The van der Waals surface area contributed by atoms with Crippen molar-refractivity contribution in [1.29, 1.82) is 0 Å². The summed E-state index contributed by atoms with van der Waals surface area (Å²) in [6.45, 7) is 0. The van der Waals surface area contributed by atoms with Crippen LogP contribution < -0.4 is 0 Å². The Morgan fingerprint density at radius 3 is 2.69 bits per heavy atom. The van der Waals surface area contributed by atoms with Gasteiger partial charge in [-0.05, 0) is 6.08 Å². The minimum absolute atomic E-state index is 0.322. The molecule has 0 aliphatic heterocycles. The predicted molar refractivity (Wildman–Crippen MR) is 55.3 cm³/mol. The van der Waals surface area contributed by atoms with E-state index in [9.17, 15) is 9.00 Å². The van der Waals surface area contributed by atoms with Crippen LogP contribution in [0.3, 0.4) is 0 Å². The van der Waals surface area contributed by atoms with Gasteiger partial charge in [0.15, 0.2) is 4.21 Å². The van der Waals surface area contributed by atoms with E-state index in [1.54, 1.807) is 12.2 Å². The van der Waals surface area contributed by atoms with Crippen LogP contribution in [-0.4, -0.2) is 21.0 Å². The molecule has 1 rings (SSSR count). The van der Waals surface area contributed by atoms with Crippen LogP contribution in [-0.2, 0) is 15.6 Å². The van der Waals surface area contributed by atoms with Crippen molar-refractivity contribution in [1.82, 2.24) is 0 Å². The summed E-state index contributed by atoms with van der Waals surface area (Å²) < 4.78 is 10.1. The number of hydrogen-bond donors (Lipinski definition) is 0. The number of rotatable bonds is 2. The maximum Gasteiger partial charge on any atom is 0.151 e. The molecule has 72 valence electrons. The van der Waals surface area contributed by atoms with Gasteiger partial charge in [-0.1, -0.05) is 35.4 Å². The van der Waals surface area contributed by atoms with Crippen LogP contribution in [0.5, 0.6) is 0 Å². The third-order valence-electron chi connectivity index (χ3n) is 1.88. The predicted octanol–water partition coefficient (Wildman–Crippen LogP) is 1.81. The fourth-order valence-corrected chi connectivity index (χ4v) is 2.57. The molecule has 3 atom stereocenters. The van der Waals surface area contributed by atoms with Crippen molar-refractivity contribution < 1.29 is 9.00 Å². The van der Waals surface area contributed by atoms with Crippen LogP contribution in [0.15, 0.2) is 23.3 Å². The molecule has 3 unspecified atom stereocenters. The molecule has 2 nitrogen and oxygen atoms in total. The monoisotopic (exact) mass is 238 g/mol. The van der Waals surface area contributed by atoms with Gasteiger partial charge < -0.3 is 4.79 Å². The van der Waals surface area contributed by atoms with Crippen LogP contribution in [0.25, 0.3) is 0 Å². The number of halogens is 2. The van der Waals surface area contributed by atoms with Gasteiger partial charge in [-0.25, -0.2) is 0 Å². The maximum atomic E-state index is 11.3. The molecule has 0 aromatic rings. The van der Waals surface area contributed by atoms with Gasteiger partial charge in [-0.3, -0.25) is 4.21 Å². The second kappa shape index (κ2) is 3.95. The van der Waals surface area contributed by atoms with E-state index in [2.05, 4.69) is 0 Å². The zero-order chi connectivity index (χ0) is 10.1. The van der Waals surface area contributed by atoms with Crippen LogP contribution in [0.1, 0.15) is 0 Å². The third kappa shape index (κ3) is 1.87. The molecule has 0 aromatic heterocycles. The first kappa shape index (κ1) is 11.0. The lowest BCUT2D eigenvalue weighted by atomic mass is 10.0. The van der Waals surface area contributed by atoms with E-state index in [0.29, 0.717) is 11.3 Å². The van der Waals surface area contributed by atoms with Crippen molar-refractivity contribution in [3.05, 3.63) is 23.3 Å². The summed E-state index contributed by atoms with van der Waals surface area (Å²) in [5.74, 6) is -0.716. The van der Waals surface area contributed by atoms with E-state index in [1.807, 2.05) is 0 Å². The largest absolute Gasteiger partial charge is 0.303 e. The minimum Gasteiger partial charge on any atom is -0.303 e. The maximum absolute atomic E-state index is 11.3. The molecule has 0 saturated carbocycles. The number of aldehydes is 1. The Bertz CT molecular complexity index is 311. The number of carbonyl (C=O) groups excluding carboxylic acids is 1. The summed E-state index contributed by atoms with van der Waals surface area (Å²) in [7, 11) is -1.35. The highest BCUT2D eigenvalue weighted by atomic mass is 35.5. The van der Waals surface area contributed by atoms with E-state index in [4.69, 9.17) is 23.2 Å². The number of carbonyl (C=O) groups is 1. The molecule has 0 fully saturated rings. The summed E-state index contributed by atoms with van der Waals surface area (Å²) in [5, 5.41) is 0.322. The summed E-state index contributed by atoms with van der Waals surface area (Å²) >= 11 is 11.8. The number of hydrogen-bond acceptors (Lipinski definition) is 2. The average molecular weight is 239 g/mol. The Morgan fingerprint density at radius 2 is 2.31 bits per heavy atom. The fraction of sp³-hybridized carbons (Fsp3) is 0.375. The highest BCUT2D eigenvalue weighted by molar-refractivity contribution is 7.87. The molecule has 0 amide bonds. The van der Waals surface area contributed by atoms with E-state index in [1.165, 1.54) is 12.3 Å². The Balaban J connectivity index is 3.13. The van der Waals surface area contributed by atoms with Gasteiger partial charge in [0.2, 0.25) is 0 Å². The van der Waals surface area contributed by atoms with Crippen molar-refractivity contribution in [2.24, 2.45) is 5.92 Å². The quantitative estimate of drug-likeness (QED) is 0.544. The van der Waals surface area contributed by atoms with Gasteiger partial charge >= 0.3 is 0 Å². The van der Waals surface area contributed by atoms with Gasteiger partial charge in [-0.2, -0.15) is 0 Å². The van der Waals surface area contributed by atoms with Gasteiger partial charge in [-0.15, -0.1) is 0 Å². The second-order valence-electron chi connectivity index (χ2n) is 2.68. The summed E-state index contributed by atoms with van der Waals surface area (Å²) in [4.78, 5) is 10.7. The first-order chi connectivity index (χ1) is 6.02. The highest BCUT2D eigenvalue weighted by Gasteiger charge is 2.41. The lowest BCUT2D eigenvalue weighted by molar-refractivity contribution is -0.110. The molecule has 0 aromatic carbocycles. The van der Waals surface area contributed by atoms with Crippen molar-refractivity contribution in [3.8, 4) is 0 Å². The molecular formula is C8H8Cl2O2S. The molecule has 1 aliphatic carbocycles. The van der Waals surface area contributed by atoms with E-state index >= 15 is 0 Å². The van der Waals surface area contributed by atoms with Gasteiger partial charge in [0.1, 0.15) is 6.29 Å². The SMILES string of the molecule is CS(=O)C1(Cl)C=CC=C(Cl)C1C=O. The first-order valence-electron chi connectivity index (χ1n) is 3.55. The molecule has 0 bridgehead atoms. The van der Waals surface area contributed by atoms with E-state index < -0.39 is 20.9 Å². The molecule has 1 aliphatic rings. The zero-order valence-electron chi connectivity index (χ0n) is 6.87. The summed E-state index contributed by atoms with van der Waals surface area (Å²) in [5.41, 5.74) is 0. The van der Waals surface area contributed by atoms with Crippen molar-refractivity contribution in [3.63, 3.8) is 0 Å². The van der Waals surface area contributed by atoms with Crippen LogP contribution >= 0.6 is 23.2 Å². The highest BCUT2D eigenvalue weighted by Crippen LogP contribution is 2.38. The van der Waals surface area contributed by atoms with Crippen molar-refractivity contribution >= 4 is 40.3 Å². The van der Waals surface area contributed by atoms with Crippen LogP contribution in [0.2, 0.25) is 0 Å². The van der Waals surface area contributed by atoms with E-state index in [0.717, 1.165) is 0 Å². The van der Waals surface area contributed by atoms with Gasteiger partial charge in [0.25, 0.3) is 0 Å². The normalized spacial score (nSPS) is 35.3.